The van der Waals surface area contributed by atoms with Gasteiger partial charge in [-0.3, -0.25) is 0 Å². The molecule has 2 saturated heterocycles. The summed E-state index contributed by atoms with van der Waals surface area (Å²) >= 11 is 0. The molecule has 2 unspecified atom stereocenters. The molecule has 0 spiro atoms. The van der Waals surface area contributed by atoms with E-state index in [2.05, 4.69) is 10.6 Å². The first-order valence-electron chi connectivity index (χ1n) is 10.1. The van der Waals surface area contributed by atoms with Crippen LogP contribution in [0.5, 0.6) is 11.5 Å². The number of hydrogen-bond acceptors (Lipinski definition) is 8. The van der Waals surface area contributed by atoms with Gasteiger partial charge in [0.25, 0.3) is 0 Å². The molecule has 158 valence electrons. The van der Waals surface area contributed by atoms with Gasteiger partial charge < -0.3 is 39.1 Å². The average molecular weight is 396 g/mol. The van der Waals surface area contributed by atoms with Crippen LogP contribution in [0, 0.1) is 0 Å². The van der Waals surface area contributed by atoms with Crippen molar-refractivity contribution in [2.24, 2.45) is 0 Å². The van der Waals surface area contributed by atoms with Gasteiger partial charge >= 0.3 is 0 Å². The first-order valence-corrected chi connectivity index (χ1v) is 10.1. The lowest BCUT2D eigenvalue weighted by atomic mass is 10.3. The zero-order valence-corrected chi connectivity index (χ0v) is 16.4. The van der Waals surface area contributed by atoms with Crippen LogP contribution in [0.4, 0.5) is 0 Å². The highest BCUT2D eigenvalue weighted by molar-refractivity contribution is 5.31. The number of benzene rings is 1. The fourth-order valence-corrected chi connectivity index (χ4v) is 2.86. The Hall–Kier alpha value is -1.42. The molecule has 2 fully saturated rings. The van der Waals surface area contributed by atoms with E-state index in [4.69, 9.17) is 28.4 Å². The maximum atomic E-state index is 5.73. The van der Waals surface area contributed by atoms with Gasteiger partial charge in [-0.05, 0) is 24.3 Å². The number of nitrogens with one attached hydrogen (secondary N) is 2. The average Bonchev–Trinajstić information content (AvgIpc) is 2.76. The van der Waals surface area contributed by atoms with Crippen molar-refractivity contribution in [2.75, 3.05) is 65.8 Å². The van der Waals surface area contributed by atoms with E-state index in [9.17, 15) is 0 Å². The Morgan fingerprint density at radius 1 is 0.714 bits per heavy atom. The van der Waals surface area contributed by atoms with Crippen LogP contribution in [0.15, 0.2) is 24.3 Å². The Kier molecular flexibility index (Phi) is 9.83. The van der Waals surface area contributed by atoms with Gasteiger partial charge in [0.05, 0.1) is 39.6 Å². The van der Waals surface area contributed by atoms with Gasteiger partial charge in [-0.25, -0.2) is 0 Å². The van der Waals surface area contributed by atoms with E-state index in [1.807, 2.05) is 24.3 Å². The monoisotopic (exact) mass is 396 g/mol. The molecule has 28 heavy (non-hydrogen) atoms. The van der Waals surface area contributed by atoms with Crippen LogP contribution >= 0.6 is 0 Å². The van der Waals surface area contributed by atoms with Crippen molar-refractivity contribution in [2.45, 2.75) is 25.4 Å². The molecule has 0 saturated carbocycles. The predicted octanol–water partition coefficient (Wildman–Crippen LogP) is 1.15. The minimum Gasteiger partial charge on any atom is -0.494 e. The number of ether oxygens (including phenoxy) is 6. The number of hydrogen-bond donors (Lipinski definition) is 2. The molecule has 0 aromatic heterocycles. The standard InChI is InChI=1S/C20H32N2O6/c1(11-25-19-15-21-7-13-27-19)9-23-17-3-5-18(6-4-17)24-10-2-12-26-20-16-22-8-14-28-20/h3-6,19-22H,1-2,7-16H2. The van der Waals surface area contributed by atoms with Crippen LogP contribution in [0.25, 0.3) is 0 Å². The zero-order valence-electron chi connectivity index (χ0n) is 16.4. The zero-order chi connectivity index (χ0) is 19.3. The molecule has 0 bridgehead atoms. The Morgan fingerprint density at radius 3 is 1.57 bits per heavy atom. The lowest BCUT2D eigenvalue weighted by molar-refractivity contribution is -0.154. The fourth-order valence-electron chi connectivity index (χ4n) is 2.86. The van der Waals surface area contributed by atoms with Gasteiger partial charge in [-0.15, -0.1) is 0 Å². The van der Waals surface area contributed by atoms with Crippen molar-refractivity contribution in [3.8, 4) is 11.5 Å². The molecule has 2 aliphatic heterocycles. The summed E-state index contributed by atoms with van der Waals surface area (Å²) < 4.78 is 33.7. The largest absolute Gasteiger partial charge is 0.494 e. The quantitative estimate of drug-likeness (QED) is 0.510. The molecule has 8 nitrogen and oxygen atoms in total. The molecule has 2 aliphatic rings. The molecule has 0 aliphatic carbocycles. The third-order valence-corrected chi connectivity index (χ3v) is 4.33. The Labute approximate surface area is 166 Å². The molecule has 2 N–H and O–H groups in total. The third kappa shape index (κ3) is 8.30. The summed E-state index contributed by atoms with van der Waals surface area (Å²) in [6.45, 7) is 7.15. The van der Waals surface area contributed by atoms with Crippen molar-refractivity contribution < 1.29 is 28.4 Å². The van der Waals surface area contributed by atoms with Gasteiger partial charge in [-0.2, -0.15) is 0 Å². The van der Waals surface area contributed by atoms with E-state index in [1.165, 1.54) is 0 Å². The summed E-state index contributed by atoms with van der Waals surface area (Å²) in [5.41, 5.74) is 0. The van der Waals surface area contributed by atoms with Crippen LogP contribution < -0.4 is 20.1 Å². The van der Waals surface area contributed by atoms with Crippen LogP contribution in [0.2, 0.25) is 0 Å². The van der Waals surface area contributed by atoms with Crippen LogP contribution in [0.1, 0.15) is 12.8 Å². The van der Waals surface area contributed by atoms with Crippen LogP contribution in [-0.4, -0.2) is 78.4 Å². The van der Waals surface area contributed by atoms with E-state index in [-0.39, 0.29) is 12.6 Å². The SMILES string of the molecule is c1cc(OCCCOC2CNCCO2)ccc1OCCCOC1CNCCO1. The van der Waals surface area contributed by atoms with Crippen molar-refractivity contribution >= 4 is 0 Å². The lowest BCUT2D eigenvalue weighted by Crippen LogP contribution is -2.40. The van der Waals surface area contributed by atoms with E-state index in [0.717, 1.165) is 50.5 Å². The maximum absolute atomic E-state index is 5.73. The molecule has 2 atom stereocenters. The summed E-state index contributed by atoms with van der Waals surface area (Å²) in [5.74, 6) is 1.65. The summed E-state index contributed by atoms with van der Waals surface area (Å²) in [7, 11) is 0. The normalized spacial score (nSPS) is 22.7. The van der Waals surface area contributed by atoms with Gasteiger partial charge in [0.2, 0.25) is 0 Å². The van der Waals surface area contributed by atoms with Gasteiger partial charge in [0.15, 0.2) is 12.6 Å². The fraction of sp³-hybridized carbons (Fsp3) is 0.700. The van der Waals surface area contributed by atoms with Crippen molar-refractivity contribution in [1.82, 2.24) is 10.6 Å². The number of rotatable bonds is 12. The first-order chi connectivity index (χ1) is 13.9. The highest BCUT2D eigenvalue weighted by Crippen LogP contribution is 2.18. The van der Waals surface area contributed by atoms with E-state index >= 15 is 0 Å². The molecule has 0 radical (unpaired) electrons. The minimum absolute atomic E-state index is 0.137. The van der Waals surface area contributed by atoms with Crippen molar-refractivity contribution in [3.05, 3.63) is 24.3 Å². The van der Waals surface area contributed by atoms with Gasteiger partial charge in [0, 0.05) is 39.0 Å². The highest BCUT2D eigenvalue weighted by Gasteiger charge is 2.13. The summed E-state index contributed by atoms with van der Waals surface area (Å²) in [6.07, 6.45) is 1.36. The molecular formula is C20H32N2O6. The number of morpholine rings is 2. The maximum Gasteiger partial charge on any atom is 0.169 e. The molecule has 1 aromatic rings. The van der Waals surface area contributed by atoms with Gasteiger partial charge in [0.1, 0.15) is 11.5 Å². The lowest BCUT2D eigenvalue weighted by Gasteiger charge is -2.23. The topological polar surface area (TPSA) is 79.4 Å². The second kappa shape index (κ2) is 12.9. The third-order valence-electron chi connectivity index (χ3n) is 4.33. The molecule has 1 aromatic carbocycles. The van der Waals surface area contributed by atoms with Crippen molar-refractivity contribution in [1.29, 1.82) is 0 Å². The summed E-state index contributed by atoms with van der Waals surface area (Å²) in [5, 5.41) is 6.47. The van der Waals surface area contributed by atoms with Crippen LogP contribution in [-0.2, 0) is 18.9 Å². The minimum atomic E-state index is -0.137. The van der Waals surface area contributed by atoms with Crippen molar-refractivity contribution in [3.63, 3.8) is 0 Å². The Balaban J connectivity index is 1.19. The second-order valence-corrected chi connectivity index (χ2v) is 6.63. The van der Waals surface area contributed by atoms with Crippen LogP contribution in [0.3, 0.4) is 0 Å². The smallest absolute Gasteiger partial charge is 0.169 e. The molecule has 8 heteroatoms. The summed E-state index contributed by atoms with van der Waals surface area (Å²) in [4.78, 5) is 0. The Bertz CT molecular complexity index is 471. The first kappa shape index (κ1) is 21.3. The van der Waals surface area contributed by atoms with E-state index in [1.54, 1.807) is 0 Å². The molecular weight excluding hydrogens is 364 g/mol. The van der Waals surface area contributed by atoms with Gasteiger partial charge in [-0.1, -0.05) is 0 Å². The molecule has 0 amide bonds. The molecule has 2 heterocycles. The van der Waals surface area contributed by atoms with E-state index in [0.29, 0.717) is 39.6 Å². The van der Waals surface area contributed by atoms with E-state index < -0.39 is 0 Å². The highest BCUT2D eigenvalue weighted by atomic mass is 16.7. The molecule has 3 rings (SSSR count). The summed E-state index contributed by atoms with van der Waals surface area (Å²) in [6, 6.07) is 7.68. The Morgan fingerprint density at radius 2 is 1.18 bits per heavy atom. The predicted molar refractivity (Wildman–Crippen MR) is 104 cm³/mol. The second-order valence-electron chi connectivity index (χ2n) is 6.63.